The molecule has 1 saturated carbocycles. The molecule has 0 bridgehead atoms. The lowest BCUT2D eigenvalue weighted by atomic mass is 10.2. The van der Waals surface area contributed by atoms with Gasteiger partial charge in [0.15, 0.2) is 0 Å². The standard InChI is InChI=1S/C19H30N4O3S/c1-21(2)27(25,26)18-10-6-3-7-16(18)15-20-19(24)23-13-11-22(12-14-23)17-8-4-5-9-17/h3,6-7,10,17H,4-5,8-9,11-15H2,1-2H3,(H,20,24). The molecule has 3 rings (SSSR count). The molecule has 2 fully saturated rings. The van der Waals surface area contributed by atoms with E-state index in [1.807, 2.05) is 4.90 Å². The number of urea groups is 1. The molecular weight excluding hydrogens is 364 g/mol. The predicted octanol–water partition coefficient (Wildman–Crippen LogP) is 1.71. The van der Waals surface area contributed by atoms with Gasteiger partial charge in [0.2, 0.25) is 10.0 Å². The fraction of sp³-hybridized carbons (Fsp3) is 0.632. The average molecular weight is 395 g/mol. The van der Waals surface area contributed by atoms with Crippen LogP contribution in [-0.2, 0) is 16.6 Å². The highest BCUT2D eigenvalue weighted by Crippen LogP contribution is 2.24. The van der Waals surface area contributed by atoms with Gasteiger partial charge in [-0.2, -0.15) is 0 Å². The quantitative estimate of drug-likeness (QED) is 0.825. The van der Waals surface area contributed by atoms with Crippen molar-refractivity contribution in [3.63, 3.8) is 0 Å². The van der Waals surface area contributed by atoms with Crippen LogP contribution in [0.5, 0.6) is 0 Å². The van der Waals surface area contributed by atoms with E-state index in [1.54, 1.807) is 24.3 Å². The number of hydrogen-bond acceptors (Lipinski definition) is 4. The highest BCUT2D eigenvalue weighted by atomic mass is 32.2. The van der Waals surface area contributed by atoms with Crippen LogP contribution in [0.15, 0.2) is 29.2 Å². The first-order valence-electron chi connectivity index (χ1n) is 9.67. The normalized spacial score (nSPS) is 19.6. The largest absolute Gasteiger partial charge is 0.334 e. The Morgan fingerprint density at radius 2 is 1.74 bits per heavy atom. The van der Waals surface area contributed by atoms with E-state index in [2.05, 4.69) is 10.2 Å². The van der Waals surface area contributed by atoms with Gasteiger partial charge >= 0.3 is 6.03 Å². The smallest absolute Gasteiger partial charge is 0.317 e. The van der Waals surface area contributed by atoms with Crippen LogP contribution < -0.4 is 5.32 Å². The monoisotopic (exact) mass is 394 g/mol. The molecule has 0 atom stereocenters. The summed E-state index contributed by atoms with van der Waals surface area (Å²) in [7, 11) is -0.518. The molecule has 0 radical (unpaired) electrons. The van der Waals surface area contributed by atoms with Crippen molar-refractivity contribution >= 4 is 16.1 Å². The molecular formula is C19H30N4O3S. The Morgan fingerprint density at radius 1 is 1.11 bits per heavy atom. The third kappa shape index (κ3) is 4.62. The molecule has 1 aliphatic heterocycles. The minimum Gasteiger partial charge on any atom is -0.334 e. The number of amides is 2. The summed E-state index contributed by atoms with van der Waals surface area (Å²) in [5, 5.41) is 2.89. The van der Waals surface area contributed by atoms with Gasteiger partial charge in [0.05, 0.1) is 4.90 Å². The zero-order chi connectivity index (χ0) is 19.4. The van der Waals surface area contributed by atoms with Crippen LogP contribution in [0.1, 0.15) is 31.2 Å². The average Bonchev–Trinajstić information content (AvgIpc) is 3.21. The Hall–Kier alpha value is -1.64. The van der Waals surface area contributed by atoms with Crippen molar-refractivity contribution in [3.8, 4) is 0 Å². The van der Waals surface area contributed by atoms with Crippen LogP contribution in [0, 0.1) is 0 Å². The van der Waals surface area contributed by atoms with E-state index in [0.717, 1.165) is 26.2 Å². The van der Waals surface area contributed by atoms with Crippen molar-refractivity contribution in [2.45, 2.75) is 43.2 Å². The van der Waals surface area contributed by atoms with Crippen molar-refractivity contribution in [2.75, 3.05) is 40.3 Å². The van der Waals surface area contributed by atoms with Crippen LogP contribution >= 0.6 is 0 Å². The Bertz CT molecular complexity index is 752. The van der Waals surface area contributed by atoms with Gasteiger partial charge in [-0.05, 0) is 24.5 Å². The van der Waals surface area contributed by atoms with Crippen molar-refractivity contribution < 1.29 is 13.2 Å². The van der Waals surface area contributed by atoms with E-state index in [9.17, 15) is 13.2 Å². The summed E-state index contributed by atoms with van der Waals surface area (Å²) in [5.74, 6) is 0. The van der Waals surface area contributed by atoms with E-state index in [-0.39, 0.29) is 17.5 Å². The number of benzene rings is 1. The SMILES string of the molecule is CN(C)S(=O)(=O)c1ccccc1CNC(=O)N1CCN(C2CCCC2)CC1. The third-order valence-corrected chi connectivity index (χ3v) is 7.52. The molecule has 1 saturated heterocycles. The van der Waals surface area contributed by atoms with Gasteiger partial charge < -0.3 is 10.2 Å². The second kappa shape index (κ2) is 8.58. The topological polar surface area (TPSA) is 73.0 Å². The number of rotatable bonds is 5. The molecule has 1 aromatic rings. The molecule has 1 N–H and O–H groups in total. The van der Waals surface area contributed by atoms with Crippen molar-refractivity contribution in [3.05, 3.63) is 29.8 Å². The summed E-state index contributed by atoms with van der Waals surface area (Å²) < 4.78 is 26.1. The van der Waals surface area contributed by atoms with E-state index in [1.165, 1.54) is 44.1 Å². The number of carbonyl (C=O) groups is 1. The second-order valence-electron chi connectivity index (χ2n) is 7.52. The maximum Gasteiger partial charge on any atom is 0.317 e. The first-order valence-corrected chi connectivity index (χ1v) is 11.1. The fourth-order valence-corrected chi connectivity index (χ4v) is 5.06. The minimum atomic E-state index is -3.54. The maximum absolute atomic E-state index is 12.5. The Morgan fingerprint density at radius 3 is 2.37 bits per heavy atom. The second-order valence-corrected chi connectivity index (χ2v) is 9.64. The summed E-state index contributed by atoms with van der Waals surface area (Å²) in [6, 6.07) is 7.38. The van der Waals surface area contributed by atoms with Crippen molar-refractivity contribution in [2.24, 2.45) is 0 Å². The molecule has 1 aliphatic carbocycles. The number of sulfonamides is 1. The zero-order valence-electron chi connectivity index (χ0n) is 16.2. The number of nitrogens with one attached hydrogen (secondary N) is 1. The number of nitrogens with zero attached hydrogens (tertiary/aromatic N) is 3. The van der Waals surface area contributed by atoms with E-state index < -0.39 is 10.0 Å². The zero-order valence-corrected chi connectivity index (χ0v) is 17.0. The predicted molar refractivity (Wildman–Crippen MR) is 105 cm³/mol. The lowest BCUT2D eigenvalue weighted by molar-refractivity contribution is 0.109. The van der Waals surface area contributed by atoms with Crippen LogP contribution in [-0.4, -0.2) is 74.9 Å². The van der Waals surface area contributed by atoms with E-state index in [4.69, 9.17) is 0 Å². The summed E-state index contributed by atoms with van der Waals surface area (Å²) in [6.45, 7) is 3.48. The first-order chi connectivity index (χ1) is 12.9. The van der Waals surface area contributed by atoms with Crippen LogP contribution in [0.3, 0.4) is 0 Å². The molecule has 2 aliphatic rings. The van der Waals surface area contributed by atoms with Crippen LogP contribution in [0.2, 0.25) is 0 Å². The Kier molecular flexibility index (Phi) is 6.39. The molecule has 0 unspecified atom stereocenters. The van der Waals surface area contributed by atoms with Gasteiger partial charge in [-0.3, -0.25) is 4.90 Å². The maximum atomic E-state index is 12.5. The lowest BCUT2D eigenvalue weighted by Gasteiger charge is -2.38. The molecule has 8 heteroatoms. The number of carbonyl (C=O) groups excluding carboxylic acids is 1. The summed E-state index contributed by atoms with van der Waals surface area (Å²) in [6.07, 6.45) is 5.20. The molecule has 7 nitrogen and oxygen atoms in total. The Labute approximate surface area is 162 Å². The molecule has 0 spiro atoms. The molecule has 27 heavy (non-hydrogen) atoms. The van der Waals surface area contributed by atoms with E-state index >= 15 is 0 Å². The van der Waals surface area contributed by atoms with Gasteiger partial charge in [0.1, 0.15) is 0 Å². The molecule has 2 amide bonds. The van der Waals surface area contributed by atoms with Gasteiger partial charge in [-0.15, -0.1) is 0 Å². The highest BCUT2D eigenvalue weighted by Gasteiger charge is 2.28. The highest BCUT2D eigenvalue weighted by molar-refractivity contribution is 7.89. The van der Waals surface area contributed by atoms with Gasteiger partial charge in [-0.25, -0.2) is 17.5 Å². The number of hydrogen-bond donors (Lipinski definition) is 1. The summed E-state index contributed by atoms with van der Waals surface area (Å²) >= 11 is 0. The summed E-state index contributed by atoms with van der Waals surface area (Å²) in [4.78, 5) is 17.1. The molecule has 1 heterocycles. The van der Waals surface area contributed by atoms with Gasteiger partial charge in [0.25, 0.3) is 0 Å². The summed E-state index contributed by atoms with van der Waals surface area (Å²) in [5.41, 5.74) is 0.601. The van der Waals surface area contributed by atoms with Crippen molar-refractivity contribution in [1.29, 1.82) is 0 Å². The van der Waals surface area contributed by atoms with Crippen LogP contribution in [0.4, 0.5) is 4.79 Å². The van der Waals surface area contributed by atoms with Crippen LogP contribution in [0.25, 0.3) is 0 Å². The minimum absolute atomic E-state index is 0.127. The van der Waals surface area contributed by atoms with Crippen molar-refractivity contribution in [1.82, 2.24) is 19.4 Å². The fourth-order valence-electron chi connectivity index (χ4n) is 3.94. The lowest BCUT2D eigenvalue weighted by Crippen LogP contribution is -2.53. The van der Waals surface area contributed by atoms with E-state index in [0.29, 0.717) is 11.6 Å². The van der Waals surface area contributed by atoms with Gasteiger partial charge in [0, 0.05) is 52.9 Å². The van der Waals surface area contributed by atoms with Gasteiger partial charge in [-0.1, -0.05) is 31.0 Å². The molecule has 150 valence electrons. The number of piperazine rings is 1. The molecule has 0 aromatic heterocycles. The third-order valence-electron chi connectivity index (χ3n) is 5.60. The first kappa shape index (κ1) is 20.1. The molecule has 1 aromatic carbocycles. The Balaban J connectivity index is 1.56.